The van der Waals surface area contributed by atoms with Crippen molar-refractivity contribution in [3.8, 4) is 0 Å². The lowest BCUT2D eigenvalue weighted by molar-refractivity contribution is 0.116. The van der Waals surface area contributed by atoms with Crippen molar-refractivity contribution >= 4 is 11.8 Å². The molecule has 1 aromatic heterocycles. The van der Waals surface area contributed by atoms with Crippen LogP contribution in [0.4, 0.5) is 0 Å². The Bertz CT molecular complexity index is 392. The third-order valence-corrected chi connectivity index (χ3v) is 5.02. The van der Waals surface area contributed by atoms with E-state index in [0.717, 1.165) is 24.7 Å². The molecule has 0 saturated carbocycles. The summed E-state index contributed by atoms with van der Waals surface area (Å²) in [4.78, 5) is 4.57. The predicted molar refractivity (Wildman–Crippen MR) is 69.5 cm³/mol. The fraction of sp³-hybridized carbons (Fsp3) is 0.833. The van der Waals surface area contributed by atoms with Crippen molar-refractivity contribution in [2.75, 3.05) is 19.4 Å². The Morgan fingerprint density at radius 3 is 3.11 bits per heavy atom. The molecule has 0 aromatic carbocycles. The Hall–Kier alpha value is -0.590. The minimum atomic E-state index is 0.157. The molecule has 2 aliphatic heterocycles. The zero-order chi connectivity index (χ0) is 12.4. The molecule has 3 unspecified atom stereocenters. The molecule has 1 N–H and O–H groups in total. The molecule has 5 nitrogen and oxygen atoms in total. The summed E-state index contributed by atoms with van der Waals surface area (Å²) in [6.07, 6.45) is 4.92. The van der Waals surface area contributed by atoms with E-state index in [2.05, 4.69) is 15.5 Å². The number of nitrogens with zero attached hydrogens (tertiary/aromatic N) is 2. The fourth-order valence-electron chi connectivity index (χ4n) is 2.53. The van der Waals surface area contributed by atoms with E-state index < -0.39 is 0 Å². The van der Waals surface area contributed by atoms with Gasteiger partial charge in [0, 0.05) is 13.7 Å². The first-order chi connectivity index (χ1) is 8.86. The summed E-state index contributed by atoms with van der Waals surface area (Å²) < 4.78 is 10.7. The summed E-state index contributed by atoms with van der Waals surface area (Å²) in [6.45, 7) is 0.858. The Morgan fingerprint density at radius 2 is 2.39 bits per heavy atom. The van der Waals surface area contributed by atoms with Gasteiger partial charge in [-0.15, -0.1) is 0 Å². The van der Waals surface area contributed by atoms with Gasteiger partial charge in [-0.1, -0.05) is 11.6 Å². The highest BCUT2D eigenvalue weighted by atomic mass is 32.2. The van der Waals surface area contributed by atoms with Crippen molar-refractivity contribution in [2.45, 2.75) is 43.1 Å². The minimum Gasteiger partial charge on any atom is -0.380 e. The maximum Gasteiger partial charge on any atom is 0.243 e. The summed E-state index contributed by atoms with van der Waals surface area (Å²) >= 11 is 1.95. The van der Waals surface area contributed by atoms with E-state index in [9.17, 15) is 0 Å². The first-order valence-corrected chi connectivity index (χ1v) is 7.63. The van der Waals surface area contributed by atoms with Crippen LogP contribution in [-0.2, 0) is 4.74 Å². The van der Waals surface area contributed by atoms with Crippen LogP contribution in [0.15, 0.2) is 4.52 Å². The third-order valence-electron chi connectivity index (χ3n) is 3.65. The lowest BCUT2D eigenvalue weighted by Crippen LogP contribution is -2.16. The molecular formula is C12H19N3O2S. The lowest BCUT2D eigenvalue weighted by atomic mass is 10.2. The largest absolute Gasteiger partial charge is 0.380 e. The van der Waals surface area contributed by atoms with Gasteiger partial charge in [0.25, 0.3) is 0 Å². The number of ether oxygens (including phenoxy) is 1. The number of methoxy groups -OCH3 is 1. The number of hydrogen-bond acceptors (Lipinski definition) is 6. The smallest absolute Gasteiger partial charge is 0.243 e. The summed E-state index contributed by atoms with van der Waals surface area (Å²) in [5.74, 6) is 2.80. The Morgan fingerprint density at radius 1 is 1.44 bits per heavy atom. The van der Waals surface area contributed by atoms with Gasteiger partial charge in [-0.2, -0.15) is 16.7 Å². The molecule has 2 fully saturated rings. The SMILES string of the molecule is COC1CNC(c2nc(C3CCCCS3)no2)C1. The van der Waals surface area contributed by atoms with Gasteiger partial charge < -0.3 is 14.6 Å². The van der Waals surface area contributed by atoms with Gasteiger partial charge >= 0.3 is 0 Å². The van der Waals surface area contributed by atoms with Crippen LogP contribution in [0.5, 0.6) is 0 Å². The molecule has 6 heteroatoms. The molecule has 0 radical (unpaired) electrons. The highest BCUT2D eigenvalue weighted by Gasteiger charge is 2.30. The van der Waals surface area contributed by atoms with Gasteiger partial charge in [-0.05, 0) is 25.0 Å². The van der Waals surface area contributed by atoms with Crippen molar-refractivity contribution in [1.29, 1.82) is 0 Å². The number of thioether (sulfide) groups is 1. The van der Waals surface area contributed by atoms with Crippen molar-refractivity contribution < 1.29 is 9.26 Å². The van der Waals surface area contributed by atoms with Crippen LogP contribution >= 0.6 is 11.8 Å². The summed E-state index contributed by atoms with van der Waals surface area (Å²) in [5, 5.41) is 7.94. The molecule has 2 saturated heterocycles. The van der Waals surface area contributed by atoms with Crippen molar-refractivity contribution in [1.82, 2.24) is 15.5 Å². The normalized spacial score (nSPS) is 32.8. The molecule has 3 rings (SSSR count). The molecule has 3 heterocycles. The molecule has 0 aliphatic carbocycles. The van der Waals surface area contributed by atoms with Crippen LogP contribution in [0.25, 0.3) is 0 Å². The molecular weight excluding hydrogens is 250 g/mol. The van der Waals surface area contributed by atoms with Gasteiger partial charge in [0.05, 0.1) is 17.4 Å². The van der Waals surface area contributed by atoms with Gasteiger partial charge in [-0.25, -0.2) is 0 Å². The minimum absolute atomic E-state index is 0.157. The Balaban J connectivity index is 1.66. The predicted octanol–water partition coefficient (Wildman–Crippen LogP) is 2.08. The van der Waals surface area contributed by atoms with Crippen molar-refractivity contribution in [3.63, 3.8) is 0 Å². The molecule has 100 valence electrons. The second-order valence-electron chi connectivity index (χ2n) is 4.90. The van der Waals surface area contributed by atoms with Crippen LogP contribution in [0.2, 0.25) is 0 Å². The van der Waals surface area contributed by atoms with E-state index in [0.29, 0.717) is 5.25 Å². The zero-order valence-electron chi connectivity index (χ0n) is 10.6. The average molecular weight is 269 g/mol. The molecule has 18 heavy (non-hydrogen) atoms. The van der Waals surface area contributed by atoms with Crippen LogP contribution in [0.3, 0.4) is 0 Å². The Kier molecular flexibility index (Phi) is 3.86. The highest BCUT2D eigenvalue weighted by Crippen LogP contribution is 2.37. The third kappa shape index (κ3) is 2.55. The van der Waals surface area contributed by atoms with E-state index >= 15 is 0 Å². The molecule has 0 amide bonds. The number of hydrogen-bond donors (Lipinski definition) is 1. The molecule has 2 aliphatic rings. The molecule has 3 atom stereocenters. The van der Waals surface area contributed by atoms with Gasteiger partial charge in [-0.3, -0.25) is 0 Å². The average Bonchev–Trinajstić information content (AvgIpc) is 3.08. The highest BCUT2D eigenvalue weighted by molar-refractivity contribution is 7.99. The summed E-state index contributed by atoms with van der Waals surface area (Å²) in [7, 11) is 1.74. The Labute approximate surface area is 111 Å². The van der Waals surface area contributed by atoms with Gasteiger partial charge in [0.15, 0.2) is 5.82 Å². The number of nitrogens with one attached hydrogen (secondary N) is 1. The van der Waals surface area contributed by atoms with Gasteiger partial charge in [0.1, 0.15) is 0 Å². The fourth-order valence-corrected chi connectivity index (χ4v) is 3.77. The summed E-state index contributed by atoms with van der Waals surface area (Å²) in [6, 6.07) is 0.157. The maximum absolute atomic E-state index is 5.40. The lowest BCUT2D eigenvalue weighted by Gasteiger charge is -2.17. The molecule has 0 spiro atoms. The van der Waals surface area contributed by atoms with Crippen LogP contribution in [0, 0.1) is 0 Å². The van der Waals surface area contributed by atoms with E-state index in [1.165, 1.54) is 25.0 Å². The van der Waals surface area contributed by atoms with E-state index in [4.69, 9.17) is 9.26 Å². The maximum atomic E-state index is 5.40. The second-order valence-corrected chi connectivity index (χ2v) is 6.21. The number of aromatic nitrogens is 2. The zero-order valence-corrected chi connectivity index (χ0v) is 11.4. The second kappa shape index (κ2) is 5.59. The standard InChI is InChI=1S/C12H19N3O2S/c1-16-8-6-9(13-7-8)12-14-11(15-17-12)10-4-2-3-5-18-10/h8-10,13H,2-7H2,1H3. The number of rotatable bonds is 3. The summed E-state index contributed by atoms with van der Waals surface area (Å²) in [5.41, 5.74) is 0. The topological polar surface area (TPSA) is 60.2 Å². The quantitative estimate of drug-likeness (QED) is 0.906. The first-order valence-electron chi connectivity index (χ1n) is 6.58. The monoisotopic (exact) mass is 269 g/mol. The van der Waals surface area contributed by atoms with Crippen molar-refractivity contribution in [3.05, 3.63) is 11.7 Å². The van der Waals surface area contributed by atoms with E-state index in [-0.39, 0.29) is 12.1 Å². The van der Waals surface area contributed by atoms with Gasteiger partial charge in [0.2, 0.25) is 5.89 Å². The van der Waals surface area contributed by atoms with Crippen molar-refractivity contribution in [2.24, 2.45) is 0 Å². The van der Waals surface area contributed by atoms with E-state index in [1.807, 2.05) is 11.8 Å². The van der Waals surface area contributed by atoms with E-state index in [1.54, 1.807) is 7.11 Å². The van der Waals surface area contributed by atoms with Crippen LogP contribution < -0.4 is 5.32 Å². The first kappa shape index (κ1) is 12.4. The van der Waals surface area contributed by atoms with Crippen LogP contribution in [-0.4, -0.2) is 35.7 Å². The molecule has 1 aromatic rings. The van der Waals surface area contributed by atoms with Crippen LogP contribution in [0.1, 0.15) is 48.7 Å². The molecule has 0 bridgehead atoms.